The fraction of sp³-hybridized carbons (Fsp3) is 0.278. The lowest BCUT2D eigenvalue weighted by molar-refractivity contribution is 0.125. The average Bonchev–Trinajstić information content (AvgIpc) is 2.59. The zero-order valence-corrected chi connectivity index (χ0v) is 13.3. The maximum atomic E-state index is 13.5. The van der Waals surface area contributed by atoms with Crippen LogP contribution in [0.25, 0.3) is 0 Å². The van der Waals surface area contributed by atoms with E-state index < -0.39 is 0 Å². The first-order valence-corrected chi connectivity index (χ1v) is 7.59. The summed E-state index contributed by atoms with van der Waals surface area (Å²) in [6, 6.07) is 16.7. The summed E-state index contributed by atoms with van der Waals surface area (Å²) in [4.78, 5) is 4.11. The highest BCUT2D eigenvalue weighted by Crippen LogP contribution is 2.05. The van der Waals surface area contributed by atoms with Crippen molar-refractivity contribution in [1.82, 2.24) is 10.6 Å². The van der Waals surface area contributed by atoms with Crippen molar-refractivity contribution in [2.45, 2.75) is 13.2 Å². The summed E-state index contributed by atoms with van der Waals surface area (Å²) >= 11 is 0. The van der Waals surface area contributed by atoms with Crippen LogP contribution in [-0.4, -0.2) is 26.2 Å². The van der Waals surface area contributed by atoms with Crippen LogP contribution in [0.3, 0.4) is 0 Å². The molecule has 2 aromatic carbocycles. The van der Waals surface area contributed by atoms with E-state index >= 15 is 0 Å². The molecule has 5 heteroatoms. The zero-order chi connectivity index (χ0) is 16.3. The summed E-state index contributed by atoms with van der Waals surface area (Å²) in [5.41, 5.74) is 1.75. The van der Waals surface area contributed by atoms with Crippen LogP contribution in [0, 0.1) is 5.82 Å². The first-order valence-electron chi connectivity index (χ1n) is 7.59. The third-order valence-electron chi connectivity index (χ3n) is 3.28. The largest absolute Gasteiger partial charge is 0.375 e. The van der Waals surface area contributed by atoms with Gasteiger partial charge in [0.05, 0.1) is 13.2 Å². The van der Waals surface area contributed by atoms with Gasteiger partial charge in [-0.15, -0.1) is 0 Å². The summed E-state index contributed by atoms with van der Waals surface area (Å²) in [5, 5.41) is 6.22. The number of nitrogens with one attached hydrogen (secondary N) is 2. The van der Waals surface area contributed by atoms with Crippen LogP contribution in [0.15, 0.2) is 59.6 Å². The monoisotopic (exact) mass is 315 g/mol. The van der Waals surface area contributed by atoms with E-state index in [0.717, 1.165) is 5.56 Å². The number of halogens is 1. The third-order valence-corrected chi connectivity index (χ3v) is 3.28. The van der Waals surface area contributed by atoms with Gasteiger partial charge in [0.1, 0.15) is 5.82 Å². The fourth-order valence-corrected chi connectivity index (χ4v) is 2.05. The number of hydrogen-bond acceptors (Lipinski definition) is 2. The van der Waals surface area contributed by atoms with E-state index in [0.29, 0.717) is 37.8 Å². The summed E-state index contributed by atoms with van der Waals surface area (Å²) in [6.45, 7) is 2.17. The van der Waals surface area contributed by atoms with Crippen LogP contribution < -0.4 is 10.6 Å². The Hall–Kier alpha value is -2.40. The molecule has 0 radical (unpaired) electrons. The Morgan fingerprint density at radius 1 is 1.04 bits per heavy atom. The number of rotatable bonds is 7. The lowest BCUT2D eigenvalue weighted by atomic mass is 10.2. The molecule has 0 atom stereocenters. The second-order valence-corrected chi connectivity index (χ2v) is 4.98. The quantitative estimate of drug-likeness (QED) is 0.469. The molecule has 122 valence electrons. The summed E-state index contributed by atoms with van der Waals surface area (Å²) in [6.07, 6.45) is 0. The van der Waals surface area contributed by atoms with Crippen LogP contribution >= 0.6 is 0 Å². The molecule has 0 heterocycles. The molecule has 0 saturated carbocycles. The van der Waals surface area contributed by atoms with Crippen molar-refractivity contribution in [1.29, 1.82) is 0 Å². The molecule has 0 amide bonds. The Kier molecular flexibility index (Phi) is 7.07. The van der Waals surface area contributed by atoms with Crippen LogP contribution in [0.5, 0.6) is 0 Å². The fourth-order valence-electron chi connectivity index (χ4n) is 2.05. The molecule has 0 aromatic heterocycles. The highest BCUT2D eigenvalue weighted by Gasteiger charge is 2.02. The van der Waals surface area contributed by atoms with Gasteiger partial charge in [-0.25, -0.2) is 4.39 Å². The maximum Gasteiger partial charge on any atom is 0.191 e. The summed E-state index contributed by atoms with van der Waals surface area (Å²) in [7, 11) is 1.68. The second kappa shape index (κ2) is 9.58. The minimum atomic E-state index is -0.221. The molecule has 2 N–H and O–H groups in total. The minimum absolute atomic E-state index is 0.221. The molecule has 0 bridgehead atoms. The first-order chi connectivity index (χ1) is 11.3. The molecule has 4 nitrogen and oxygen atoms in total. The zero-order valence-electron chi connectivity index (χ0n) is 13.3. The Balaban J connectivity index is 1.64. The van der Waals surface area contributed by atoms with E-state index in [-0.39, 0.29) is 5.82 Å². The van der Waals surface area contributed by atoms with Gasteiger partial charge in [0.2, 0.25) is 0 Å². The van der Waals surface area contributed by atoms with E-state index in [1.807, 2.05) is 36.4 Å². The molecule has 0 spiro atoms. The Bertz CT molecular complexity index is 617. The van der Waals surface area contributed by atoms with E-state index in [1.54, 1.807) is 19.2 Å². The summed E-state index contributed by atoms with van der Waals surface area (Å²) in [5.74, 6) is 0.401. The normalized spacial score (nSPS) is 11.3. The SMILES string of the molecule is CN=C(NCCOCc1ccccc1)NCc1ccccc1F. The maximum absolute atomic E-state index is 13.5. The number of aliphatic imine (C=N–C) groups is 1. The predicted octanol–water partition coefficient (Wildman–Crippen LogP) is 2.71. The number of hydrogen-bond donors (Lipinski definition) is 2. The molecule has 0 aliphatic heterocycles. The topological polar surface area (TPSA) is 45.7 Å². The molecule has 0 fully saturated rings. The van der Waals surface area contributed by atoms with Crippen LogP contribution in [-0.2, 0) is 17.9 Å². The van der Waals surface area contributed by atoms with Gasteiger partial charge in [-0.05, 0) is 11.6 Å². The van der Waals surface area contributed by atoms with Crippen LogP contribution in [0.4, 0.5) is 4.39 Å². The van der Waals surface area contributed by atoms with Gasteiger partial charge < -0.3 is 15.4 Å². The second-order valence-electron chi connectivity index (χ2n) is 4.98. The molecule has 0 aliphatic carbocycles. The van der Waals surface area contributed by atoms with Crippen molar-refractivity contribution in [3.05, 3.63) is 71.5 Å². The molecule has 0 unspecified atom stereocenters. The van der Waals surface area contributed by atoms with Crippen molar-refractivity contribution >= 4 is 5.96 Å². The van der Waals surface area contributed by atoms with Crippen molar-refractivity contribution in [3.63, 3.8) is 0 Å². The lowest BCUT2D eigenvalue weighted by Crippen LogP contribution is -2.38. The Morgan fingerprint density at radius 2 is 1.78 bits per heavy atom. The Labute approximate surface area is 136 Å². The molecular weight excluding hydrogens is 293 g/mol. The number of nitrogens with zero attached hydrogens (tertiary/aromatic N) is 1. The molecular formula is C18H22FN3O. The minimum Gasteiger partial charge on any atom is -0.375 e. The van der Waals surface area contributed by atoms with Gasteiger partial charge in [-0.1, -0.05) is 48.5 Å². The standard InChI is InChI=1S/C18H22FN3O/c1-20-18(22-13-16-9-5-6-10-17(16)19)21-11-12-23-14-15-7-3-2-4-8-15/h2-10H,11-14H2,1H3,(H2,20,21,22). The molecule has 2 aromatic rings. The van der Waals surface area contributed by atoms with Crippen LogP contribution in [0.1, 0.15) is 11.1 Å². The smallest absolute Gasteiger partial charge is 0.191 e. The number of benzene rings is 2. The highest BCUT2D eigenvalue weighted by atomic mass is 19.1. The van der Waals surface area contributed by atoms with Gasteiger partial charge in [0.25, 0.3) is 0 Å². The van der Waals surface area contributed by atoms with Gasteiger partial charge in [-0.2, -0.15) is 0 Å². The lowest BCUT2D eigenvalue weighted by Gasteiger charge is -2.12. The van der Waals surface area contributed by atoms with Crippen molar-refractivity contribution < 1.29 is 9.13 Å². The number of guanidine groups is 1. The average molecular weight is 315 g/mol. The highest BCUT2D eigenvalue weighted by molar-refractivity contribution is 5.79. The van der Waals surface area contributed by atoms with Crippen molar-refractivity contribution in [2.75, 3.05) is 20.2 Å². The predicted molar refractivity (Wildman–Crippen MR) is 90.7 cm³/mol. The van der Waals surface area contributed by atoms with Gasteiger partial charge >= 0.3 is 0 Å². The molecule has 0 saturated heterocycles. The third kappa shape index (κ3) is 6.08. The van der Waals surface area contributed by atoms with E-state index in [9.17, 15) is 4.39 Å². The molecule has 23 heavy (non-hydrogen) atoms. The van der Waals surface area contributed by atoms with E-state index in [2.05, 4.69) is 15.6 Å². The van der Waals surface area contributed by atoms with E-state index in [1.165, 1.54) is 6.07 Å². The van der Waals surface area contributed by atoms with Crippen molar-refractivity contribution in [2.24, 2.45) is 4.99 Å². The van der Waals surface area contributed by atoms with Gasteiger partial charge in [0.15, 0.2) is 5.96 Å². The van der Waals surface area contributed by atoms with Crippen LogP contribution in [0.2, 0.25) is 0 Å². The van der Waals surface area contributed by atoms with E-state index in [4.69, 9.17) is 4.74 Å². The first kappa shape index (κ1) is 17.0. The number of ether oxygens (including phenoxy) is 1. The molecule has 2 rings (SSSR count). The summed E-state index contributed by atoms with van der Waals surface area (Å²) < 4.78 is 19.1. The Morgan fingerprint density at radius 3 is 2.52 bits per heavy atom. The van der Waals surface area contributed by atoms with Gasteiger partial charge in [0, 0.05) is 25.7 Å². The van der Waals surface area contributed by atoms with Gasteiger partial charge in [-0.3, -0.25) is 4.99 Å². The van der Waals surface area contributed by atoms with Crippen molar-refractivity contribution in [3.8, 4) is 0 Å². The molecule has 0 aliphatic rings.